The van der Waals surface area contributed by atoms with Gasteiger partial charge in [0.25, 0.3) is 11.8 Å². The Morgan fingerprint density at radius 1 is 1.03 bits per heavy atom. The van der Waals surface area contributed by atoms with Gasteiger partial charge in [0.05, 0.1) is 11.1 Å². The number of rotatable bonds is 10. The van der Waals surface area contributed by atoms with Gasteiger partial charge in [0.15, 0.2) is 5.78 Å². The first-order valence-electron chi connectivity index (χ1n) is 10.6. The van der Waals surface area contributed by atoms with Gasteiger partial charge < -0.3 is 4.74 Å². The SMILES string of the molecule is O=C(CCCCCC(=O)C(F)(F)F)COc1cccc2c1C(=O)N(C1CCC(=O)NC1=O)C2=O. The third kappa shape index (κ3) is 5.49. The van der Waals surface area contributed by atoms with E-state index >= 15 is 0 Å². The van der Waals surface area contributed by atoms with E-state index < -0.39 is 54.7 Å². The number of carbonyl (C=O) groups excluding carboxylic acids is 6. The highest BCUT2D eigenvalue weighted by molar-refractivity contribution is 6.24. The van der Waals surface area contributed by atoms with Gasteiger partial charge in [-0.2, -0.15) is 13.2 Å². The van der Waals surface area contributed by atoms with Crippen molar-refractivity contribution in [3.05, 3.63) is 29.3 Å². The second-order valence-corrected chi connectivity index (χ2v) is 7.93. The molecule has 3 rings (SSSR count). The van der Waals surface area contributed by atoms with Gasteiger partial charge in [0, 0.05) is 19.3 Å². The number of Topliss-reactive ketones (excluding diaryl/α,β-unsaturated/α-hetero) is 2. The summed E-state index contributed by atoms with van der Waals surface area (Å²) in [6, 6.07) is 3.10. The fourth-order valence-corrected chi connectivity index (χ4v) is 3.76. The smallest absolute Gasteiger partial charge is 0.449 e. The first-order valence-corrected chi connectivity index (χ1v) is 10.6. The fourth-order valence-electron chi connectivity index (χ4n) is 3.76. The van der Waals surface area contributed by atoms with Crippen LogP contribution in [0, 0.1) is 0 Å². The van der Waals surface area contributed by atoms with E-state index in [1.807, 2.05) is 0 Å². The van der Waals surface area contributed by atoms with Crippen molar-refractivity contribution in [3.8, 4) is 5.75 Å². The molecule has 1 saturated heterocycles. The minimum Gasteiger partial charge on any atom is -0.485 e. The van der Waals surface area contributed by atoms with Crippen LogP contribution in [0.3, 0.4) is 0 Å². The number of piperidine rings is 1. The molecule has 2 heterocycles. The predicted octanol–water partition coefficient (Wildman–Crippen LogP) is 2.12. The van der Waals surface area contributed by atoms with Crippen molar-refractivity contribution in [3.63, 3.8) is 0 Å². The molecule has 1 fully saturated rings. The summed E-state index contributed by atoms with van der Waals surface area (Å²) in [5.41, 5.74) is -0.0790. The molecule has 0 bridgehead atoms. The van der Waals surface area contributed by atoms with Crippen LogP contribution >= 0.6 is 0 Å². The summed E-state index contributed by atoms with van der Waals surface area (Å²) in [4.78, 5) is 72.9. The number of halogens is 3. The topological polar surface area (TPSA) is 127 Å². The Morgan fingerprint density at radius 3 is 2.41 bits per heavy atom. The third-order valence-corrected chi connectivity index (χ3v) is 5.49. The maximum atomic E-state index is 12.9. The second-order valence-electron chi connectivity index (χ2n) is 7.93. The molecule has 1 aromatic carbocycles. The van der Waals surface area contributed by atoms with Crippen LogP contribution in [-0.4, -0.2) is 58.9 Å². The van der Waals surface area contributed by atoms with Crippen LogP contribution in [0.25, 0.3) is 0 Å². The summed E-state index contributed by atoms with van der Waals surface area (Å²) < 4.78 is 41.9. The highest BCUT2D eigenvalue weighted by Gasteiger charge is 2.46. The molecule has 12 heteroatoms. The Morgan fingerprint density at radius 2 is 1.74 bits per heavy atom. The molecule has 0 saturated carbocycles. The molecule has 0 spiro atoms. The molecule has 34 heavy (non-hydrogen) atoms. The van der Waals surface area contributed by atoms with Crippen LogP contribution in [0.4, 0.5) is 13.2 Å². The highest BCUT2D eigenvalue weighted by Crippen LogP contribution is 2.33. The van der Waals surface area contributed by atoms with E-state index in [-0.39, 0.29) is 61.2 Å². The van der Waals surface area contributed by atoms with Gasteiger partial charge in [-0.05, 0) is 31.4 Å². The average molecular weight is 482 g/mol. The van der Waals surface area contributed by atoms with E-state index in [2.05, 4.69) is 5.32 Å². The monoisotopic (exact) mass is 482 g/mol. The van der Waals surface area contributed by atoms with Crippen molar-refractivity contribution in [2.75, 3.05) is 6.61 Å². The standard InChI is InChI=1S/C22H21F3N2O7/c23-22(24,25)16(29)8-3-1-2-5-12(28)11-34-15-7-4-6-13-18(15)21(33)27(20(13)32)14-9-10-17(30)26-19(14)31/h4,6-7,14H,1-3,5,8-11H2,(H,26,30,31). The lowest BCUT2D eigenvalue weighted by molar-refractivity contribution is -0.171. The Hall–Kier alpha value is -3.57. The molecule has 1 unspecified atom stereocenters. The molecule has 182 valence electrons. The van der Waals surface area contributed by atoms with Gasteiger partial charge in [0.1, 0.15) is 18.4 Å². The van der Waals surface area contributed by atoms with Gasteiger partial charge in [-0.15, -0.1) is 0 Å². The van der Waals surface area contributed by atoms with E-state index in [0.717, 1.165) is 4.90 Å². The van der Waals surface area contributed by atoms with Crippen molar-refractivity contribution in [1.29, 1.82) is 0 Å². The summed E-state index contributed by atoms with van der Waals surface area (Å²) in [6.45, 7) is -0.433. The van der Waals surface area contributed by atoms with Gasteiger partial charge in [-0.1, -0.05) is 12.5 Å². The number of nitrogens with one attached hydrogen (secondary N) is 1. The van der Waals surface area contributed by atoms with E-state index in [4.69, 9.17) is 4.74 Å². The van der Waals surface area contributed by atoms with Gasteiger partial charge in [-0.3, -0.25) is 39.0 Å². The number of unbranched alkanes of at least 4 members (excludes halogenated alkanes) is 2. The average Bonchev–Trinajstić information content (AvgIpc) is 3.02. The number of ketones is 2. The second kappa shape index (κ2) is 10.1. The molecule has 2 aliphatic heterocycles. The number of nitrogens with zero attached hydrogens (tertiary/aromatic N) is 1. The number of fused-ring (bicyclic) bond motifs is 1. The normalized spacial score (nSPS) is 18.1. The van der Waals surface area contributed by atoms with E-state index in [1.165, 1.54) is 18.2 Å². The predicted molar refractivity (Wildman–Crippen MR) is 108 cm³/mol. The Labute approximate surface area is 191 Å². The van der Waals surface area contributed by atoms with Crippen LogP contribution in [-0.2, 0) is 19.2 Å². The highest BCUT2D eigenvalue weighted by atomic mass is 19.4. The molecular weight excluding hydrogens is 461 g/mol. The molecule has 0 radical (unpaired) electrons. The maximum Gasteiger partial charge on any atom is 0.449 e. The van der Waals surface area contributed by atoms with Crippen LogP contribution < -0.4 is 10.1 Å². The van der Waals surface area contributed by atoms with Crippen molar-refractivity contribution in [2.24, 2.45) is 0 Å². The number of imide groups is 2. The zero-order valence-corrected chi connectivity index (χ0v) is 17.9. The zero-order chi connectivity index (χ0) is 25.0. The van der Waals surface area contributed by atoms with Crippen LogP contribution in [0.5, 0.6) is 5.75 Å². The Bertz CT molecular complexity index is 1050. The van der Waals surface area contributed by atoms with Crippen LogP contribution in [0.15, 0.2) is 18.2 Å². The summed E-state index contributed by atoms with van der Waals surface area (Å²) in [5.74, 6) is -4.92. The molecule has 0 aliphatic carbocycles. The fraction of sp³-hybridized carbons (Fsp3) is 0.455. The summed E-state index contributed by atoms with van der Waals surface area (Å²) in [7, 11) is 0. The third-order valence-electron chi connectivity index (χ3n) is 5.49. The number of benzene rings is 1. The van der Waals surface area contributed by atoms with Crippen LogP contribution in [0.1, 0.15) is 65.7 Å². The van der Waals surface area contributed by atoms with Crippen molar-refractivity contribution < 1.29 is 46.7 Å². The Kier molecular flexibility index (Phi) is 7.48. The lowest BCUT2D eigenvalue weighted by Gasteiger charge is -2.27. The van der Waals surface area contributed by atoms with Crippen molar-refractivity contribution in [2.45, 2.75) is 57.2 Å². The molecule has 2 aliphatic rings. The molecule has 1 atom stereocenters. The van der Waals surface area contributed by atoms with Crippen molar-refractivity contribution >= 4 is 35.2 Å². The van der Waals surface area contributed by atoms with Crippen LogP contribution in [0.2, 0.25) is 0 Å². The number of ether oxygens (including phenoxy) is 1. The molecule has 0 aromatic heterocycles. The van der Waals surface area contributed by atoms with Gasteiger partial charge >= 0.3 is 6.18 Å². The summed E-state index contributed by atoms with van der Waals surface area (Å²) >= 11 is 0. The molecule has 1 N–H and O–H groups in total. The number of amides is 4. The van der Waals surface area contributed by atoms with E-state index in [0.29, 0.717) is 0 Å². The number of hydrogen-bond donors (Lipinski definition) is 1. The van der Waals surface area contributed by atoms with E-state index in [9.17, 15) is 41.9 Å². The quantitative estimate of drug-likeness (QED) is 0.400. The summed E-state index contributed by atoms with van der Waals surface area (Å²) in [5, 5.41) is 2.10. The first kappa shape index (κ1) is 25.1. The lowest BCUT2D eigenvalue weighted by atomic mass is 10.0. The number of carbonyl (C=O) groups is 6. The molecule has 1 aromatic rings. The van der Waals surface area contributed by atoms with Crippen molar-refractivity contribution in [1.82, 2.24) is 10.2 Å². The zero-order valence-electron chi connectivity index (χ0n) is 17.9. The minimum atomic E-state index is -4.85. The first-order chi connectivity index (χ1) is 16.0. The lowest BCUT2D eigenvalue weighted by Crippen LogP contribution is -2.54. The van der Waals surface area contributed by atoms with Gasteiger partial charge in [-0.25, -0.2) is 0 Å². The van der Waals surface area contributed by atoms with Gasteiger partial charge in [0.2, 0.25) is 17.6 Å². The maximum absolute atomic E-state index is 12.9. The minimum absolute atomic E-state index is 0.000616. The summed E-state index contributed by atoms with van der Waals surface area (Å²) in [6.07, 6.45) is -4.99. The number of alkyl halides is 3. The molecule has 9 nitrogen and oxygen atoms in total. The molecular formula is C22H21F3N2O7. The largest absolute Gasteiger partial charge is 0.485 e. The van der Waals surface area contributed by atoms with E-state index in [1.54, 1.807) is 0 Å². The number of hydrogen-bond acceptors (Lipinski definition) is 7. The Balaban J connectivity index is 1.55. The molecule has 4 amide bonds.